The van der Waals surface area contributed by atoms with Gasteiger partial charge in [-0.05, 0) is 84.7 Å². The van der Waals surface area contributed by atoms with Gasteiger partial charge in [0.15, 0.2) is 10.6 Å². The summed E-state index contributed by atoms with van der Waals surface area (Å²) in [7, 11) is 0. The van der Waals surface area contributed by atoms with Crippen molar-refractivity contribution in [1.29, 1.82) is 5.41 Å². The summed E-state index contributed by atoms with van der Waals surface area (Å²) in [4.78, 5) is 4.24. The number of nitrogens with zero attached hydrogens (tertiary/aromatic N) is 2. The number of ether oxygens (including phenoxy) is 1. The van der Waals surface area contributed by atoms with Crippen LogP contribution >= 0.6 is 0 Å². The molecule has 1 aromatic heterocycles. The summed E-state index contributed by atoms with van der Waals surface area (Å²) < 4.78 is 95.6. The van der Waals surface area contributed by atoms with Crippen LogP contribution in [0, 0.1) is 12.3 Å². The largest absolute Gasteiger partial charge is 0.612 e. The van der Waals surface area contributed by atoms with Crippen LogP contribution in [0.1, 0.15) is 24.0 Å². The third-order valence-corrected chi connectivity index (χ3v) is 6.86. The molecule has 0 bridgehead atoms. The first-order valence-corrected chi connectivity index (χ1v) is 13.8. The van der Waals surface area contributed by atoms with Crippen LogP contribution in [0.25, 0.3) is 22.5 Å². The molecule has 1 atom stereocenters. The van der Waals surface area contributed by atoms with E-state index in [2.05, 4.69) is 15.0 Å². The van der Waals surface area contributed by atoms with Gasteiger partial charge in [-0.15, -0.1) is 13.2 Å². The van der Waals surface area contributed by atoms with Crippen LogP contribution in [0.2, 0.25) is 0 Å². The Bertz CT molecular complexity index is 1630. The van der Waals surface area contributed by atoms with Crippen molar-refractivity contribution in [2.45, 2.75) is 31.3 Å². The van der Waals surface area contributed by atoms with Crippen molar-refractivity contribution in [3.8, 4) is 22.6 Å². The van der Waals surface area contributed by atoms with Crippen LogP contribution in [-0.4, -0.2) is 32.4 Å². The Morgan fingerprint density at radius 2 is 1.67 bits per heavy atom. The van der Waals surface area contributed by atoms with Crippen LogP contribution < -0.4 is 10.1 Å². The molecule has 42 heavy (non-hydrogen) atoms. The number of allylic oxidation sites excluding steroid dienone is 1. The summed E-state index contributed by atoms with van der Waals surface area (Å²) in [5.41, 5.74) is 1.60. The fraction of sp³-hybridized carbons (Fsp3) is 0.172. The van der Waals surface area contributed by atoms with Gasteiger partial charge in [0.1, 0.15) is 17.8 Å². The SMILES string of the molecule is CC(=N)/C=C(\Nc1ccc(OC(F)(F)F)cc1)c1cc(-c2cccc([S+](C)[O-])c2)ccc1-n1cc(C(F)(F)F)nc1C. The first-order chi connectivity index (χ1) is 19.6. The highest BCUT2D eigenvalue weighted by molar-refractivity contribution is 7.90. The molecule has 6 nitrogen and oxygen atoms in total. The zero-order valence-electron chi connectivity index (χ0n) is 22.4. The minimum atomic E-state index is -4.87. The van der Waals surface area contributed by atoms with E-state index in [0.29, 0.717) is 33.0 Å². The second-order valence-electron chi connectivity index (χ2n) is 9.19. The third kappa shape index (κ3) is 7.53. The number of aryl methyl sites for hydroxylation is 1. The second kappa shape index (κ2) is 11.9. The summed E-state index contributed by atoms with van der Waals surface area (Å²) in [6, 6.07) is 16.8. The molecule has 0 aliphatic carbocycles. The molecule has 0 aliphatic rings. The molecule has 2 N–H and O–H groups in total. The molecule has 1 unspecified atom stereocenters. The van der Waals surface area contributed by atoms with Crippen molar-refractivity contribution in [3.63, 3.8) is 0 Å². The first-order valence-electron chi connectivity index (χ1n) is 12.2. The molecule has 0 saturated heterocycles. The van der Waals surface area contributed by atoms with Gasteiger partial charge in [-0.2, -0.15) is 13.2 Å². The number of halogens is 6. The maximum absolute atomic E-state index is 13.5. The number of benzene rings is 3. The van der Waals surface area contributed by atoms with E-state index < -0.39 is 35.2 Å². The van der Waals surface area contributed by atoms with Crippen LogP contribution in [-0.2, 0) is 17.4 Å². The predicted octanol–water partition coefficient (Wildman–Crippen LogP) is 8.00. The number of hydrogen-bond donors (Lipinski definition) is 2. The van der Waals surface area contributed by atoms with E-state index in [9.17, 15) is 30.9 Å². The van der Waals surface area contributed by atoms with Gasteiger partial charge < -0.3 is 24.6 Å². The van der Waals surface area contributed by atoms with Crippen LogP contribution in [0.4, 0.5) is 32.0 Å². The highest BCUT2D eigenvalue weighted by atomic mass is 32.2. The summed E-state index contributed by atoms with van der Waals surface area (Å²) in [5.74, 6) is -0.384. The van der Waals surface area contributed by atoms with E-state index in [-0.39, 0.29) is 17.2 Å². The van der Waals surface area contributed by atoms with E-state index in [0.717, 1.165) is 18.3 Å². The fourth-order valence-electron chi connectivity index (χ4n) is 4.14. The average molecular weight is 607 g/mol. The van der Waals surface area contributed by atoms with E-state index in [4.69, 9.17) is 5.41 Å². The molecule has 0 spiro atoms. The topological polar surface area (TPSA) is 86.0 Å². The van der Waals surface area contributed by atoms with Gasteiger partial charge in [0.2, 0.25) is 0 Å². The monoisotopic (exact) mass is 606 g/mol. The van der Waals surface area contributed by atoms with Gasteiger partial charge in [0.05, 0.1) is 5.69 Å². The van der Waals surface area contributed by atoms with Gasteiger partial charge in [-0.1, -0.05) is 18.2 Å². The van der Waals surface area contributed by atoms with E-state index in [1.165, 1.54) is 42.9 Å². The number of aromatic nitrogens is 2. The molecule has 0 aliphatic heterocycles. The molecule has 0 amide bonds. The number of anilines is 1. The maximum Gasteiger partial charge on any atom is 0.573 e. The van der Waals surface area contributed by atoms with Gasteiger partial charge in [-0.3, -0.25) is 0 Å². The van der Waals surface area contributed by atoms with Crippen molar-refractivity contribution in [2.75, 3.05) is 11.6 Å². The normalized spacial score (nSPS) is 13.1. The quantitative estimate of drug-likeness (QED) is 0.121. The van der Waals surface area contributed by atoms with Gasteiger partial charge in [0.25, 0.3) is 0 Å². The Kier molecular flexibility index (Phi) is 8.73. The summed E-state index contributed by atoms with van der Waals surface area (Å²) in [5, 5.41) is 11.2. The minimum absolute atomic E-state index is 0.0549. The standard InChI is InChI=1S/C29H24F6N4O2S/c1-17(36)13-25(38-21-8-10-22(11-9-21)41-29(33,34)35)24-15-20(19-5-4-6-23(14-19)42(3)40)7-12-26(24)39-16-27(28(30,31)32)37-18(39)2/h4-16,36,38H,1-3H3/b25-13-,36-17?. The molecule has 3 aromatic carbocycles. The van der Waals surface area contributed by atoms with Gasteiger partial charge in [-0.25, -0.2) is 4.98 Å². The highest BCUT2D eigenvalue weighted by Gasteiger charge is 2.35. The highest BCUT2D eigenvalue weighted by Crippen LogP contribution is 2.35. The van der Waals surface area contributed by atoms with Crippen LogP contribution in [0.15, 0.2) is 83.9 Å². The molecular weight excluding hydrogens is 582 g/mol. The molecule has 0 fully saturated rings. The fourth-order valence-corrected chi connectivity index (χ4v) is 4.71. The molecule has 0 saturated carbocycles. The lowest BCUT2D eigenvalue weighted by Gasteiger charge is -2.19. The zero-order chi connectivity index (χ0) is 30.8. The second-order valence-corrected chi connectivity index (χ2v) is 10.6. The lowest BCUT2D eigenvalue weighted by molar-refractivity contribution is -0.274. The van der Waals surface area contributed by atoms with E-state index in [1.807, 2.05) is 0 Å². The number of alkyl halides is 6. The molecule has 4 aromatic rings. The Morgan fingerprint density at radius 3 is 2.24 bits per heavy atom. The Labute approximate surface area is 240 Å². The molecule has 0 radical (unpaired) electrons. The van der Waals surface area contributed by atoms with Gasteiger partial charge >= 0.3 is 12.5 Å². The molecule has 13 heteroatoms. The Balaban J connectivity index is 1.88. The van der Waals surface area contributed by atoms with Crippen molar-refractivity contribution < 1.29 is 35.6 Å². The number of hydrogen-bond acceptors (Lipinski definition) is 5. The smallest absolute Gasteiger partial charge is 0.573 e. The number of nitrogens with one attached hydrogen (secondary N) is 2. The van der Waals surface area contributed by atoms with Crippen molar-refractivity contribution in [1.82, 2.24) is 9.55 Å². The Morgan fingerprint density at radius 1 is 1.00 bits per heavy atom. The molecular formula is C29H24F6N4O2S. The lowest BCUT2D eigenvalue weighted by atomic mass is 9.99. The van der Waals surface area contributed by atoms with Crippen molar-refractivity contribution >= 4 is 28.3 Å². The lowest BCUT2D eigenvalue weighted by Crippen LogP contribution is -2.17. The molecule has 4 rings (SSSR count). The van der Waals surface area contributed by atoms with Gasteiger partial charge in [0, 0.05) is 34.9 Å². The average Bonchev–Trinajstić information content (AvgIpc) is 3.30. The summed E-state index contributed by atoms with van der Waals surface area (Å²) in [6.45, 7) is 2.92. The van der Waals surface area contributed by atoms with Crippen molar-refractivity contribution in [3.05, 3.63) is 96.1 Å². The number of imidazole rings is 1. The zero-order valence-corrected chi connectivity index (χ0v) is 23.2. The van der Waals surface area contributed by atoms with E-state index in [1.54, 1.807) is 42.5 Å². The molecule has 1 heterocycles. The summed E-state index contributed by atoms with van der Waals surface area (Å²) in [6.07, 6.45) is -5.71. The molecule has 220 valence electrons. The number of rotatable bonds is 8. The first kappa shape index (κ1) is 30.7. The Hall–Kier alpha value is -4.23. The van der Waals surface area contributed by atoms with Crippen LogP contribution in [0.5, 0.6) is 5.75 Å². The minimum Gasteiger partial charge on any atom is -0.612 e. The summed E-state index contributed by atoms with van der Waals surface area (Å²) >= 11 is -1.26. The van der Waals surface area contributed by atoms with Crippen LogP contribution in [0.3, 0.4) is 0 Å². The predicted molar refractivity (Wildman–Crippen MR) is 149 cm³/mol. The maximum atomic E-state index is 13.5. The van der Waals surface area contributed by atoms with E-state index >= 15 is 0 Å². The third-order valence-electron chi connectivity index (χ3n) is 5.95. The van der Waals surface area contributed by atoms with Crippen molar-refractivity contribution in [2.24, 2.45) is 0 Å².